The van der Waals surface area contributed by atoms with Crippen molar-refractivity contribution >= 4 is 17.1 Å². The number of anilines is 1. The first-order chi connectivity index (χ1) is 11.7. The molecule has 5 rings (SSSR count). The Balaban J connectivity index is 1.58. The molecule has 1 amide bonds. The fourth-order valence-corrected chi connectivity index (χ4v) is 4.05. The van der Waals surface area contributed by atoms with Gasteiger partial charge in [-0.15, -0.1) is 0 Å². The Morgan fingerprint density at radius 3 is 2.92 bits per heavy atom. The normalized spacial score (nSPS) is 24.2. The topological polar surface area (TPSA) is 66.3 Å². The van der Waals surface area contributed by atoms with Crippen LogP contribution >= 0.6 is 0 Å². The second-order valence-corrected chi connectivity index (χ2v) is 7.05. The first-order valence-electron chi connectivity index (χ1n) is 8.50. The lowest BCUT2D eigenvalue weighted by Gasteiger charge is -2.17. The van der Waals surface area contributed by atoms with Crippen molar-refractivity contribution in [2.45, 2.75) is 19.8 Å². The van der Waals surface area contributed by atoms with E-state index in [0.717, 1.165) is 28.9 Å². The molecule has 2 fully saturated rings. The van der Waals surface area contributed by atoms with Crippen molar-refractivity contribution in [2.24, 2.45) is 17.8 Å². The van der Waals surface area contributed by atoms with Crippen LogP contribution < -0.4 is 4.90 Å². The lowest BCUT2D eigenvalue weighted by molar-refractivity contribution is -0.121. The minimum Gasteiger partial charge on any atom is -0.310 e. The van der Waals surface area contributed by atoms with Gasteiger partial charge in [0.05, 0.1) is 17.4 Å². The van der Waals surface area contributed by atoms with Crippen molar-refractivity contribution in [1.29, 1.82) is 0 Å². The van der Waals surface area contributed by atoms with E-state index >= 15 is 0 Å². The van der Waals surface area contributed by atoms with Gasteiger partial charge in [-0.25, -0.2) is 4.52 Å². The van der Waals surface area contributed by atoms with Gasteiger partial charge in [0.2, 0.25) is 5.91 Å². The van der Waals surface area contributed by atoms with Crippen molar-refractivity contribution in [3.05, 3.63) is 36.9 Å². The predicted octanol–water partition coefficient (Wildman–Crippen LogP) is 2.73. The third-order valence-electron chi connectivity index (χ3n) is 5.37. The zero-order valence-corrected chi connectivity index (χ0v) is 13.5. The van der Waals surface area contributed by atoms with Crippen LogP contribution in [0.2, 0.25) is 0 Å². The zero-order chi connectivity index (χ0) is 16.3. The fourth-order valence-electron chi connectivity index (χ4n) is 4.05. The van der Waals surface area contributed by atoms with Crippen LogP contribution in [0.15, 0.2) is 36.9 Å². The van der Waals surface area contributed by atoms with Crippen LogP contribution in [0.5, 0.6) is 0 Å². The molecule has 2 aliphatic rings. The maximum Gasteiger partial charge on any atom is 0.230 e. The lowest BCUT2D eigenvalue weighted by atomic mass is 9.93. The quantitative estimate of drug-likeness (QED) is 0.806. The van der Waals surface area contributed by atoms with E-state index in [1.807, 2.05) is 27.9 Å². The van der Waals surface area contributed by atoms with E-state index < -0.39 is 0 Å². The molecule has 24 heavy (non-hydrogen) atoms. The molecule has 1 N–H and O–H groups in total. The third kappa shape index (κ3) is 1.99. The number of aromatic nitrogens is 4. The molecule has 2 unspecified atom stereocenters. The maximum absolute atomic E-state index is 13.0. The van der Waals surface area contributed by atoms with Crippen molar-refractivity contribution in [3.63, 3.8) is 0 Å². The van der Waals surface area contributed by atoms with Gasteiger partial charge in [-0.3, -0.25) is 9.89 Å². The van der Waals surface area contributed by atoms with Gasteiger partial charge in [0, 0.05) is 42.2 Å². The van der Waals surface area contributed by atoms with E-state index in [1.165, 1.54) is 12.8 Å². The molecule has 4 heterocycles. The number of amides is 1. The minimum absolute atomic E-state index is 0.196. The molecule has 122 valence electrons. The van der Waals surface area contributed by atoms with Gasteiger partial charge in [-0.2, -0.15) is 10.2 Å². The summed E-state index contributed by atoms with van der Waals surface area (Å²) in [6.45, 7) is 3.00. The first-order valence-corrected chi connectivity index (χ1v) is 8.50. The summed E-state index contributed by atoms with van der Waals surface area (Å²) in [6.07, 6.45) is 9.81. The number of hydrogen-bond donors (Lipinski definition) is 1. The number of carbonyl (C=O) groups is 1. The van der Waals surface area contributed by atoms with Crippen molar-refractivity contribution in [3.8, 4) is 11.1 Å². The van der Waals surface area contributed by atoms with Crippen LogP contribution in [0.25, 0.3) is 16.6 Å². The first kappa shape index (κ1) is 13.8. The van der Waals surface area contributed by atoms with E-state index in [1.54, 1.807) is 12.4 Å². The van der Waals surface area contributed by atoms with Gasteiger partial charge in [0.15, 0.2) is 0 Å². The molecule has 0 bridgehead atoms. The van der Waals surface area contributed by atoms with Gasteiger partial charge >= 0.3 is 0 Å². The Labute approximate surface area is 139 Å². The van der Waals surface area contributed by atoms with Gasteiger partial charge in [-0.1, -0.05) is 6.92 Å². The van der Waals surface area contributed by atoms with Crippen LogP contribution in [0.4, 0.5) is 5.69 Å². The average molecular weight is 321 g/mol. The molecule has 6 nitrogen and oxygen atoms in total. The SMILES string of the molecule is CC1CN(c2ccnn3cc(-c4cn[nH]c4)cc23)C(=O)C1C1CC1. The van der Waals surface area contributed by atoms with Crippen LogP contribution in [-0.2, 0) is 4.79 Å². The average Bonchev–Trinajstić information content (AvgIpc) is 3.01. The van der Waals surface area contributed by atoms with Crippen LogP contribution in [0.1, 0.15) is 19.8 Å². The summed E-state index contributed by atoms with van der Waals surface area (Å²) in [5.74, 6) is 1.50. The van der Waals surface area contributed by atoms with Gasteiger partial charge in [0.1, 0.15) is 0 Å². The van der Waals surface area contributed by atoms with Crippen molar-refractivity contribution < 1.29 is 4.79 Å². The summed E-state index contributed by atoms with van der Waals surface area (Å²) in [4.78, 5) is 14.9. The van der Waals surface area contributed by atoms with E-state index in [9.17, 15) is 4.79 Å². The number of hydrogen-bond acceptors (Lipinski definition) is 3. The zero-order valence-electron chi connectivity index (χ0n) is 13.5. The summed E-state index contributed by atoms with van der Waals surface area (Å²) in [5, 5.41) is 11.2. The number of nitrogens with zero attached hydrogens (tertiary/aromatic N) is 4. The fraction of sp³-hybridized carbons (Fsp3) is 0.389. The largest absolute Gasteiger partial charge is 0.310 e. The molecule has 1 aliphatic carbocycles. The van der Waals surface area contributed by atoms with Crippen molar-refractivity contribution in [2.75, 3.05) is 11.4 Å². The molecule has 6 heteroatoms. The van der Waals surface area contributed by atoms with Crippen LogP contribution in [0.3, 0.4) is 0 Å². The Kier molecular flexibility index (Phi) is 2.83. The summed E-state index contributed by atoms with van der Waals surface area (Å²) < 4.78 is 1.85. The molecule has 3 aromatic heterocycles. The lowest BCUT2D eigenvalue weighted by Crippen LogP contribution is -2.28. The highest BCUT2D eigenvalue weighted by Crippen LogP contribution is 2.46. The summed E-state index contributed by atoms with van der Waals surface area (Å²) in [5.41, 5.74) is 3.98. The minimum atomic E-state index is 0.196. The van der Waals surface area contributed by atoms with E-state index in [2.05, 4.69) is 28.3 Å². The summed E-state index contributed by atoms with van der Waals surface area (Å²) >= 11 is 0. The second kappa shape index (κ2) is 4.93. The number of rotatable bonds is 3. The number of H-pyrrole nitrogens is 1. The highest BCUT2D eigenvalue weighted by molar-refractivity contribution is 6.01. The summed E-state index contributed by atoms with van der Waals surface area (Å²) in [7, 11) is 0. The molecule has 1 saturated heterocycles. The van der Waals surface area contributed by atoms with E-state index in [-0.39, 0.29) is 11.8 Å². The van der Waals surface area contributed by atoms with Crippen LogP contribution in [-0.4, -0.2) is 32.3 Å². The molecule has 0 aromatic carbocycles. The molecule has 2 atom stereocenters. The van der Waals surface area contributed by atoms with E-state index in [0.29, 0.717) is 11.8 Å². The summed E-state index contributed by atoms with van der Waals surface area (Å²) in [6, 6.07) is 4.03. The molecule has 1 aliphatic heterocycles. The Morgan fingerprint density at radius 1 is 1.29 bits per heavy atom. The van der Waals surface area contributed by atoms with Gasteiger partial charge in [-0.05, 0) is 36.8 Å². The second-order valence-electron chi connectivity index (χ2n) is 7.05. The van der Waals surface area contributed by atoms with Gasteiger partial charge < -0.3 is 4.90 Å². The highest BCUT2D eigenvalue weighted by Gasteiger charge is 2.47. The number of fused-ring (bicyclic) bond motifs is 1. The Hall–Kier alpha value is -2.63. The maximum atomic E-state index is 13.0. The molecule has 1 saturated carbocycles. The number of aromatic amines is 1. The van der Waals surface area contributed by atoms with E-state index in [4.69, 9.17) is 0 Å². The third-order valence-corrected chi connectivity index (χ3v) is 5.37. The number of nitrogens with one attached hydrogen (secondary N) is 1. The number of carbonyl (C=O) groups excluding carboxylic acids is 1. The molecular formula is C18H19N5O. The highest BCUT2D eigenvalue weighted by atomic mass is 16.2. The van der Waals surface area contributed by atoms with Crippen LogP contribution in [0, 0.1) is 17.8 Å². The Morgan fingerprint density at radius 2 is 2.17 bits per heavy atom. The Bertz CT molecular complexity index is 909. The standard InChI is InChI=1S/C18H19N5O/c1-11-9-22(18(24)17(11)12-2-3-12)15-4-5-21-23-10-13(6-16(15)23)14-7-19-20-8-14/h4-8,10-12,17H,2-3,9H2,1H3,(H,19,20). The molecule has 3 aromatic rings. The van der Waals surface area contributed by atoms with Gasteiger partial charge in [0.25, 0.3) is 0 Å². The molecule has 0 radical (unpaired) electrons. The molecule has 0 spiro atoms. The predicted molar refractivity (Wildman–Crippen MR) is 90.5 cm³/mol. The smallest absolute Gasteiger partial charge is 0.230 e. The monoisotopic (exact) mass is 321 g/mol. The molecular weight excluding hydrogens is 302 g/mol. The van der Waals surface area contributed by atoms with Crippen molar-refractivity contribution in [1.82, 2.24) is 19.8 Å².